The fourth-order valence-electron chi connectivity index (χ4n) is 2.67. The molecule has 0 saturated heterocycles. The zero-order valence-corrected chi connectivity index (χ0v) is 16.0. The monoisotopic (exact) mass is 389 g/mol. The third-order valence-corrected chi connectivity index (χ3v) is 4.13. The summed E-state index contributed by atoms with van der Waals surface area (Å²) < 4.78 is 5.72. The average Bonchev–Trinajstić information content (AvgIpc) is 2.77. The zero-order chi connectivity index (χ0) is 20.3. The molecule has 1 heterocycles. The standard InChI is InChI=1S/C23H23N3O3/c27-22(13-7-15-25-23(28)18-8-2-1-3-9-18)26-19-11-6-12-21(16-19)29-17-20-10-4-5-14-24-20/h1-6,8-12,14,16H,7,13,15,17H2,(H,25,28)(H,26,27). The lowest BCUT2D eigenvalue weighted by Crippen LogP contribution is -2.25. The molecule has 3 aromatic rings. The molecule has 0 spiro atoms. The molecule has 29 heavy (non-hydrogen) atoms. The Kier molecular flexibility index (Phi) is 7.34. The van der Waals surface area contributed by atoms with Crippen molar-refractivity contribution in [3.05, 3.63) is 90.3 Å². The van der Waals surface area contributed by atoms with Crippen molar-refractivity contribution in [1.82, 2.24) is 10.3 Å². The number of hydrogen-bond donors (Lipinski definition) is 2. The summed E-state index contributed by atoms with van der Waals surface area (Å²) in [5.74, 6) is 0.410. The van der Waals surface area contributed by atoms with Gasteiger partial charge in [-0.05, 0) is 42.8 Å². The van der Waals surface area contributed by atoms with E-state index in [4.69, 9.17) is 4.74 Å². The lowest BCUT2D eigenvalue weighted by molar-refractivity contribution is -0.116. The molecule has 0 aliphatic heterocycles. The minimum atomic E-state index is -0.135. The van der Waals surface area contributed by atoms with Crippen molar-refractivity contribution in [3.8, 4) is 5.75 Å². The van der Waals surface area contributed by atoms with Gasteiger partial charge in [0.05, 0.1) is 5.69 Å². The van der Waals surface area contributed by atoms with Crippen LogP contribution in [0.15, 0.2) is 79.0 Å². The molecule has 3 rings (SSSR count). The number of anilines is 1. The number of hydrogen-bond acceptors (Lipinski definition) is 4. The fraction of sp³-hybridized carbons (Fsp3) is 0.174. The van der Waals surface area contributed by atoms with Crippen molar-refractivity contribution < 1.29 is 14.3 Å². The van der Waals surface area contributed by atoms with Crippen LogP contribution in [0.25, 0.3) is 0 Å². The second-order valence-electron chi connectivity index (χ2n) is 6.41. The van der Waals surface area contributed by atoms with E-state index in [-0.39, 0.29) is 11.8 Å². The smallest absolute Gasteiger partial charge is 0.251 e. The first-order valence-corrected chi connectivity index (χ1v) is 9.46. The molecule has 0 aliphatic carbocycles. The van der Waals surface area contributed by atoms with Crippen LogP contribution in [0, 0.1) is 0 Å². The molecule has 6 nitrogen and oxygen atoms in total. The topological polar surface area (TPSA) is 80.3 Å². The molecule has 2 N–H and O–H groups in total. The minimum absolute atomic E-state index is 0.110. The molecule has 2 aromatic carbocycles. The van der Waals surface area contributed by atoms with Gasteiger partial charge in [0.1, 0.15) is 12.4 Å². The van der Waals surface area contributed by atoms with Crippen LogP contribution in [-0.2, 0) is 11.4 Å². The number of benzene rings is 2. The SMILES string of the molecule is O=C(CCCNC(=O)c1ccccc1)Nc1cccc(OCc2ccccn2)c1. The quantitative estimate of drug-likeness (QED) is 0.546. The summed E-state index contributed by atoms with van der Waals surface area (Å²) in [6.45, 7) is 0.799. The van der Waals surface area contributed by atoms with Crippen LogP contribution in [0.4, 0.5) is 5.69 Å². The van der Waals surface area contributed by atoms with Gasteiger partial charge in [0.25, 0.3) is 5.91 Å². The molecule has 6 heteroatoms. The molecule has 0 aliphatic rings. The number of nitrogens with zero attached hydrogens (tertiary/aromatic N) is 1. The zero-order valence-electron chi connectivity index (χ0n) is 16.0. The molecule has 1 aromatic heterocycles. The Balaban J connectivity index is 1.39. The maximum Gasteiger partial charge on any atom is 0.251 e. The van der Waals surface area contributed by atoms with E-state index in [1.165, 1.54) is 0 Å². The van der Waals surface area contributed by atoms with E-state index in [9.17, 15) is 9.59 Å². The summed E-state index contributed by atoms with van der Waals surface area (Å²) in [6.07, 6.45) is 2.59. The molecule has 0 bridgehead atoms. The Hall–Kier alpha value is -3.67. The number of ether oxygens (including phenoxy) is 1. The third-order valence-electron chi connectivity index (χ3n) is 4.13. The van der Waals surface area contributed by atoms with E-state index in [0.29, 0.717) is 43.0 Å². The second-order valence-corrected chi connectivity index (χ2v) is 6.41. The normalized spacial score (nSPS) is 10.2. The highest BCUT2D eigenvalue weighted by Crippen LogP contribution is 2.18. The lowest BCUT2D eigenvalue weighted by Gasteiger charge is -2.09. The molecular weight excluding hydrogens is 366 g/mol. The predicted molar refractivity (Wildman–Crippen MR) is 112 cm³/mol. The average molecular weight is 389 g/mol. The number of nitrogens with one attached hydrogen (secondary N) is 2. The first kappa shape index (κ1) is 20.1. The summed E-state index contributed by atoms with van der Waals surface area (Å²) in [7, 11) is 0. The Morgan fingerprint density at radius 1 is 0.931 bits per heavy atom. The van der Waals surface area contributed by atoms with Crippen molar-refractivity contribution in [2.24, 2.45) is 0 Å². The number of aromatic nitrogens is 1. The van der Waals surface area contributed by atoms with Gasteiger partial charge < -0.3 is 15.4 Å². The third kappa shape index (κ3) is 6.77. The summed E-state index contributed by atoms with van der Waals surface area (Å²) in [5, 5.41) is 5.67. The van der Waals surface area contributed by atoms with Gasteiger partial charge in [-0.25, -0.2) is 0 Å². The lowest BCUT2D eigenvalue weighted by atomic mass is 10.2. The van der Waals surface area contributed by atoms with E-state index >= 15 is 0 Å². The highest BCUT2D eigenvalue weighted by molar-refractivity contribution is 5.94. The largest absolute Gasteiger partial charge is 0.487 e. The van der Waals surface area contributed by atoms with Gasteiger partial charge in [-0.1, -0.05) is 30.3 Å². The molecule has 148 valence electrons. The van der Waals surface area contributed by atoms with Gasteiger partial charge in [0, 0.05) is 36.5 Å². The Labute approximate surface area is 169 Å². The van der Waals surface area contributed by atoms with Crippen LogP contribution >= 0.6 is 0 Å². The number of rotatable bonds is 9. The van der Waals surface area contributed by atoms with Gasteiger partial charge in [0.2, 0.25) is 5.91 Å². The van der Waals surface area contributed by atoms with E-state index in [1.807, 2.05) is 54.6 Å². The van der Waals surface area contributed by atoms with Crippen molar-refractivity contribution in [2.75, 3.05) is 11.9 Å². The first-order chi connectivity index (χ1) is 14.2. The number of carbonyl (C=O) groups is 2. The molecule has 0 radical (unpaired) electrons. The highest BCUT2D eigenvalue weighted by atomic mass is 16.5. The van der Waals surface area contributed by atoms with Crippen molar-refractivity contribution >= 4 is 17.5 Å². The summed E-state index contributed by atoms with van der Waals surface area (Å²) in [4.78, 5) is 28.3. The number of carbonyl (C=O) groups excluding carboxylic acids is 2. The molecule has 2 amide bonds. The Bertz CT molecular complexity index is 930. The molecule has 0 unspecified atom stereocenters. The first-order valence-electron chi connectivity index (χ1n) is 9.46. The van der Waals surface area contributed by atoms with Gasteiger partial charge in [-0.15, -0.1) is 0 Å². The van der Waals surface area contributed by atoms with Crippen LogP contribution in [0.1, 0.15) is 28.9 Å². The van der Waals surface area contributed by atoms with Crippen LogP contribution in [0.3, 0.4) is 0 Å². The minimum Gasteiger partial charge on any atom is -0.487 e. The summed E-state index contributed by atoms with van der Waals surface area (Å²) in [6, 6.07) is 21.9. The van der Waals surface area contributed by atoms with Gasteiger partial charge in [0.15, 0.2) is 0 Å². The maximum absolute atomic E-state index is 12.1. The van der Waals surface area contributed by atoms with Crippen LogP contribution in [-0.4, -0.2) is 23.3 Å². The van der Waals surface area contributed by atoms with Crippen molar-refractivity contribution in [2.45, 2.75) is 19.4 Å². The number of amides is 2. The second kappa shape index (κ2) is 10.6. The fourth-order valence-corrected chi connectivity index (χ4v) is 2.67. The van der Waals surface area contributed by atoms with Crippen molar-refractivity contribution in [3.63, 3.8) is 0 Å². The highest BCUT2D eigenvalue weighted by Gasteiger charge is 2.06. The van der Waals surface area contributed by atoms with Crippen LogP contribution < -0.4 is 15.4 Å². The van der Waals surface area contributed by atoms with Crippen LogP contribution in [0.2, 0.25) is 0 Å². The molecular formula is C23H23N3O3. The predicted octanol–water partition coefficient (Wildman–Crippen LogP) is 3.81. The summed E-state index contributed by atoms with van der Waals surface area (Å²) >= 11 is 0. The van der Waals surface area contributed by atoms with Gasteiger partial charge >= 0.3 is 0 Å². The maximum atomic E-state index is 12.1. The van der Waals surface area contributed by atoms with Gasteiger partial charge in [-0.3, -0.25) is 14.6 Å². The molecule has 0 saturated carbocycles. The van der Waals surface area contributed by atoms with E-state index in [1.54, 1.807) is 24.4 Å². The molecule has 0 atom stereocenters. The summed E-state index contributed by atoms with van der Waals surface area (Å²) in [5.41, 5.74) is 2.11. The Morgan fingerprint density at radius 2 is 1.76 bits per heavy atom. The van der Waals surface area contributed by atoms with Crippen molar-refractivity contribution in [1.29, 1.82) is 0 Å². The van der Waals surface area contributed by atoms with Crippen LogP contribution in [0.5, 0.6) is 5.75 Å². The van der Waals surface area contributed by atoms with E-state index in [0.717, 1.165) is 5.69 Å². The van der Waals surface area contributed by atoms with E-state index in [2.05, 4.69) is 15.6 Å². The number of pyridine rings is 1. The van der Waals surface area contributed by atoms with E-state index < -0.39 is 0 Å². The molecule has 0 fully saturated rings. The Morgan fingerprint density at radius 3 is 2.55 bits per heavy atom. The van der Waals surface area contributed by atoms with Gasteiger partial charge in [-0.2, -0.15) is 0 Å².